The standard InChI is InChI=1S/C12H25N/c1-11(2)8-6-5-7-9-13-10-12(3)4/h6,8,11-13H,5,7,9-10H2,1-4H3/b8-6+. The Morgan fingerprint density at radius 2 is 1.85 bits per heavy atom. The van der Waals surface area contributed by atoms with E-state index in [4.69, 9.17) is 0 Å². The maximum Gasteiger partial charge on any atom is -0.00258 e. The van der Waals surface area contributed by atoms with Crippen molar-refractivity contribution in [2.75, 3.05) is 13.1 Å². The van der Waals surface area contributed by atoms with Crippen LogP contribution in [0.2, 0.25) is 0 Å². The van der Waals surface area contributed by atoms with Crippen molar-refractivity contribution in [2.24, 2.45) is 11.8 Å². The molecule has 0 saturated heterocycles. The van der Waals surface area contributed by atoms with Crippen LogP contribution in [-0.4, -0.2) is 13.1 Å². The Bertz CT molecular complexity index is 125. The van der Waals surface area contributed by atoms with Gasteiger partial charge < -0.3 is 5.32 Å². The molecule has 1 nitrogen and oxygen atoms in total. The van der Waals surface area contributed by atoms with Crippen molar-refractivity contribution < 1.29 is 0 Å². The summed E-state index contributed by atoms with van der Waals surface area (Å²) in [7, 11) is 0. The molecular weight excluding hydrogens is 158 g/mol. The summed E-state index contributed by atoms with van der Waals surface area (Å²) in [4.78, 5) is 0. The van der Waals surface area contributed by atoms with Gasteiger partial charge in [-0.2, -0.15) is 0 Å². The number of hydrogen-bond acceptors (Lipinski definition) is 1. The molecule has 0 aliphatic carbocycles. The summed E-state index contributed by atoms with van der Waals surface area (Å²) < 4.78 is 0. The molecule has 0 aromatic heterocycles. The van der Waals surface area contributed by atoms with Crippen molar-refractivity contribution >= 4 is 0 Å². The second-order valence-electron chi connectivity index (χ2n) is 4.41. The molecule has 0 rings (SSSR count). The number of unbranched alkanes of at least 4 members (excludes halogenated alkanes) is 1. The molecule has 0 amide bonds. The number of allylic oxidation sites excluding steroid dienone is 2. The quantitative estimate of drug-likeness (QED) is 0.472. The average Bonchev–Trinajstić information content (AvgIpc) is 2.01. The summed E-state index contributed by atoms with van der Waals surface area (Å²) in [5, 5.41) is 3.44. The van der Waals surface area contributed by atoms with Crippen LogP contribution in [0.1, 0.15) is 40.5 Å². The Kier molecular flexibility index (Phi) is 8.11. The Morgan fingerprint density at radius 1 is 1.15 bits per heavy atom. The van der Waals surface area contributed by atoms with Crippen molar-refractivity contribution in [3.63, 3.8) is 0 Å². The normalized spacial score (nSPS) is 12.2. The fourth-order valence-corrected chi connectivity index (χ4v) is 1.10. The Hall–Kier alpha value is -0.300. The minimum absolute atomic E-state index is 0.698. The topological polar surface area (TPSA) is 12.0 Å². The predicted molar refractivity (Wildman–Crippen MR) is 60.9 cm³/mol. The van der Waals surface area contributed by atoms with E-state index in [1.165, 1.54) is 12.8 Å². The van der Waals surface area contributed by atoms with Crippen LogP contribution in [0.3, 0.4) is 0 Å². The Balaban J connectivity index is 3.08. The van der Waals surface area contributed by atoms with Crippen LogP contribution in [0.15, 0.2) is 12.2 Å². The molecule has 0 atom stereocenters. The fourth-order valence-electron chi connectivity index (χ4n) is 1.10. The summed E-state index contributed by atoms with van der Waals surface area (Å²) in [6.07, 6.45) is 7.05. The van der Waals surface area contributed by atoms with Gasteiger partial charge in [0, 0.05) is 0 Å². The summed E-state index contributed by atoms with van der Waals surface area (Å²) in [5.74, 6) is 1.47. The van der Waals surface area contributed by atoms with Crippen LogP contribution in [0.4, 0.5) is 0 Å². The molecule has 0 heterocycles. The van der Waals surface area contributed by atoms with E-state index in [1.807, 2.05) is 0 Å². The highest BCUT2D eigenvalue weighted by Crippen LogP contribution is 1.97. The molecule has 78 valence electrons. The molecule has 0 bridgehead atoms. The molecule has 0 aliphatic rings. The van der Waals surface area contributed by atoms with Crippen molar-refractivity contribution in [1.29, 1.82) is 0 Å². The van der Waals surface area contributed by atoms with E-state index >= 15 is 0 Å². The Morgan fingerprint density at radius 3 is 2.38 bits per heavy atom. The molecule has 1 N–H and O–H groups in total. The van der Waals surface area contributed by atoms with E-state index in [0.29, 0.717) is 5.92 Å². The molecule has 0 unspecified atom stereocenters. The molecular formula is C12H25N. The van der Waals surface area contributed by atoms with E-state index in [0.717, 1.165) is 19.0 Å². The minimum Gasteiger partial charge on any atom is -0.316 e. The number of nitrogens with one attached hydrogen (secondary N) is 1. The maximum atomic E-state index is 3.44. The fraction of sp³-hybridized carbons (Fsp3) is 0.833. The van der Waals surface area contributed by atoms with Crippen LogP contribution >= 0.6 is 0 Å². The summed E-state index contributed by atoms with van der Waals surface area (Å²) in [6.45, 7) is 11.2. The van der Waals surface area contributed by atoms with Gasteiger partial charge in [-0.15, -0.1) is 0 Å². The molecule has 0 saturated carbocycles. The van der Waals surface area contributed by atoms with Gasteiger partial charge in [0.15, 0.2) is 0 Å². The first-order valence-corrected chi connectivity index (χ1v) is 5.50. The zero-order valence-electron chi connectivity index (χ0n) is 9.64. The smallest absolute Gasteiger partial charge is 0.00258 e. The molecule has 0 aliphatic heterocycles. The van der Waals surface area contributed by atoms with Gasteiger partial charge in [0.25, 0.3) is 0 Å². The monoisotopic (exact) mass is 183 g/mol. The van der Waals surface area contributed by atoms with E-state index < -0.39 is 0 Å². The van der Waals surface area contributed by atoms with Crippen LogP contribution in [0.25, 0.3) is 0 Å². The highest BCUT2D eigenvalue weighted by atomic mass is 14.8. The van der Waals surface area contributed by atoms with E-state index in [1.54, 1.807) is 0 Å². The average molecular weight is 183 g/mol. The van der Waals surface area contributed by atoms with Gasteiger partial charge in [0.2, 0.25) is 0 Å². The van der Waals surface area contributed by atoms with Gasteiger partial charge in [-0.3, -0.25) is 0 Å². The number of hydrogen-bond donors (Lipinski definition) is 1. The molecule has 1 heteroatoms. The lowest BCUT2D eigenvalue weighted by Crippen LogP contribution is -2.20. The van der Waals surface area contributed by atoms with E-state index in [-0.39, 0.29) is 0 Å². The van der Waals surface area contributed by atoms with Crippen LogP contribution in [0, 0.1) is 11.8 Å². The van der Waals surface area contributed by atoms with Crippen molar-refractivity contribution in [2.45, 2.75) is 40.5 Å². The van der Waals surface area contributed by atoms with Gasteiger partial charge >= 0.3 is 0 Å². The molecule has 0 radical (unpaired) electrons. The first kappa shape index (κ1) is 12.7. The first-order chi connectivity index (χ1) is 6.13. The van der Waals surface area contributed by atoms with Gasteiger partial charge in [-0.25, -0.2) is 0 Å². The summed E-state index contributed by atoms with van der Waals surface area (Å²) in [6, 6.07) is 0. The van der Waals surface area contributed by atoms with Gasteiger partial charge in [0.1, 0.15) is 0 Å². The molecule has 0 aromatic carbocycles. The minimum atomic E-state index is 0.698. The lowest BCUT2D eigenvalue weighted by atomic mass is 10.2. The zero-order valence-corrected chi connectivity index (χ0v) is 9.64. The third kappa shape index (κ3) is 11.7. The summed E-state index contributed by atoms with van der Waals surface area (Å²) in [5.41, 5.74) is 0. The zero-order chi connectivity index (χ0) is 10.1. The second-order valence-corrected chi connectivity index (χ2v) is 4.41. The number of rotatable bonds is 7. The van der Waals surface area contributed by atoms with Crippen molar-refractivity contribution in [3.8, 4) is 0 Å². The predicted octanol–water partition coefficient (Wildman–Crippen LogP) is 3.22. The highest BCUT2D eigenvalue weighted by molar-refractivity contribution is 4.84. The van der Waals surface area contributed by atoms with Crippen LogP contribution in [0.5, 0.6) is 0 Å². The largest absolute Gasteiger partial charge is 0.316 e. The van der Waals surface area contributed by atoms with Crippen LogP contribution in [-0.2, 0) is 0 Å². The second kappa shape index (κ2) is 8.31. The van der Waals surface area contributed by atoms with Crippen molar-refractivity contribution in [1.82, 2.24) is 5.32 Å². The Labute approximate surface area is 83.6 Å². The molecule has 0 fully saturated rings. The third-order valence-electron chi connectivity index (χ3n) is 1.80. The van der Waals surface area contributed by atoms with Crippen LogP contribution < -0.4 is 5.32 Å². The van der Waals surface area contributed by atoms with Crippen molar-refractivity contribution in [3.05, 3.63) is 12.2 Å². The third-order valence-corrected chi connectivity index (χ3v) is 1.80. The SMILES string of the molecule is CC(C)/C=C/CCCNCC(C)C. The lowest BCUT2D eigenvalue weighted by molar-refractivity contribution is 0.544. The van der Waals surface area contributed by atoms with Gasteiger partial charge in [-0.1, -0.05) is 39.8 Å². The molecule has 13 heavy (non-hydrogen) atoms. The maximum absolute atomic E-state index is 3.44. The van der Waals surface area contributed by atoms with Gasteiger partial charge in [-0.05, 0) is 37.8 Å². The van der Waals surface area contributed by atoms with E-state index in [2.05, 4.69) is 45.2 Å². The van der Waals surface area contributed by atoms with E-state index in [9.17, 15) is 0 Å². The lowest BCUT2D eigenvalue weighted by Gasteiger charge is -2.05. The first-order valence-electron chi connectivity index (χ1n) is 5.50. The molecule has 0 aromatic rings. The van der Waals surface area contributed by atoms with Gasteiger partial charge in [0.05, 0.1) is 0 Å². The molecule has 0 spiro atoms. The summed E-state index contributed by atoms with van der Waals surface area (Å²) >= 11 is 0. The highest BCUT2D eigenvalue weighted by Gasteiger charge is 1.91.